The second kappa shape index (κ2) is 22.6. The summed E-state index contributed by atoms with van der Waals surface area (Å²) >= 11 is 0. The number of amides is 1. The first kappa shape index (κ1) is 49.6. The average Bonchev–Trinajstić information content (AvgIpc) is 3.27. The van der Waals surface area contributed by atoms with Crippen molar-refractivity contribution in [2.24, 2.45) is 64.6 Å². The third-order valence-electron chi connectivity index (χ3n) is 17.2. The van der Waals surface area contributed by atoms with E-state index in [1.54, 1.807) is 0 Å². The van der Waals surface area contributed by atoms with E-state index >= 15 is 0 Å². The van der Waals surface area contributed by atoms with Gasteiger partial charge in [-0.05, 0) is 163 Å². The Morgan fingerprint density at radius 3 is 1.48 bits per heavy atom. The monoisotopic (exact) mass is 889 g/mol. The first-order valence-electron chi connectivity index (χ1n) is 24.7. The van der Waals surface area contributed by atoms with Gasteiger partial charge in [0.1, 0.15) is 0 Å². The van der Waals surface area contributed by atoms with Gasteiger partial charge in [0.2, 0.25) is 5.91 Å². The van der Waals surface area contributed by atoms with Crippen molar-refractivity contribution in [1.29, 1.82) is 0 Å². The number of hydrogen-bond donors (Lipinski definition) is 4. The third kappa shape index (κ3) is 12.8. The lowest BCUT2D eigenvalue weighted by Crippen LogP contribution is -2.50. The quantitative estimate of drug-likeness (QED) is 0.0880. The highest BCUT2D eigenvalue weighted by Gasteiger charge is 2.45. The lowest BCUT2D eigenvalue weighted by molar-refractivity contribution is -0.155. The van der Waals surface area contributed by atoms with Crippen molar-refractivity contribution in [2.75, 3.05) is 20.8 Å². The molecule has 0 saturated heterocycles. The normalized spacial score (nSPS) is 39.1. The number of nitrogens with one attached hydrogen (secondary N) is 2. The van der Waals surface area contributed by atoms with Crippen LogP contribution in [0.4, 0.5) is 0 Å². The van der Waals surface area contributed by atoms with Crippen LogP contribution in [0.2, 0.25) is 0 Å². The van der Waals surface area contributed by atoms with Gasteiger partial charge in [-0.1, -0.05) is 27.7 Å². The summed E-state index contributed by atoms with van der Waals surface area (Å²) in [5, 5.41) is 22.8. The van der Waals surface area contributed by atoms with Gasteiger partial charge in [-0.2, -0.15) is 5.48 Å². The second-order valence-electron chi connectivity index (χ2n) is 21.3. The number of carboxylic acid groups (broad SMARTS) is 2. The number of carbonyl (C=O) groups excluding carboxylic acids is 3. The molecule has 0 aromatic heterocycles. The fourth-order valence-corrected chi connectivity index (χ4v) is 12.9. The minimum atomic E-state index is -0.979. The molecule has 0 aromatic rings. The molecule has 0 aromatic carbocycles. The molecule has 0 heterocycles. The summed E-state index contributed by atoms with van der Waals surface area (Å²) in [6.07, 6.45) is 17.9. The van der Waals surface area contributed by atoms with Gasteiger partial charge >= 0.3 is 23.9 Å². The van der Waals surface area contributed by atoms with Gasteiger partial charge < -0.3 is 39.3 Å². The van der Waals surface area contributed by atoms with E-state index < -0.39 is 35.6 Å². The van der Waals surface area contributed by atoms with Crippen LogP contribution in [0.15, 0.2) is 0 Å². The molecule has 0 bridgehead atoms. The number of aliphatic carboxylic acids is 2. The molecule has 6 rings (SSSR count). The van der Waals surface area contributed by atoms with Crippen LogP contribution in [0.25, 0.3) is 0 Å². The Kier molecular flexibility index (Phi) is 17.8. The number of hydroxylamine groups is 1. The van der Waals surface area contributed by atoms with Gasteiger partial charge in [-0.15, -0.1) is 0 Å². The van der Waals surface area contributed by atoms with Crippen molar-refractivity contribution in [2.45, 2.75) is 193 Å². The second-order valence-corrected chi connectivity index (χ2v) is 21.3. The van der Waals surface area contributed by atoms with Gasteiger partial charge in [0, 0.05) is 12.1 Å². The minimum Gasteiger partial charge on any atom is -0.481 e. The van der Waals surface area contributed by atoms with Gasteiger partial charge in [0.05, 0.1) is 74.8 Å². The SMILES string of the molecule is COC(=O)C1CCC(C(=O)O)C(CONC2CCC(OC3CCC(C(C)(C)C4CCC(OC5CCC(NC(=O)C6CC(C(=O)OC)CCC6C(=O)O)C(C)C5)CC4)CC3)CC2C)C1. The molecule has 358 valence electrons. The Balaban J connectivity index is 0.861. The van der Waals surface area contributed by atoms with Crippen LogP contribution in [0, 0.1) is 64.6 Å². The molecule has 14 heteroatoms. The van der Waals surface area contributed by atoms with Crippen molar-refractivity contribution >= 4 is 29.8 Å². The number of carboxylic acids is 2. The Morgan fingerprint density at radius 2 is 1.00 bits per heavy atom. The fraction of sp³-hybridized carbons (Fsp3) is 0.898. The zero-order valence-electron chi connectivity index (χ0n) is 39.1. The average molecular weight is 889 g/mol. The Bertz CT molecular complexity index is 1540. The highest BCUT2D eigenvalue weighted by atomic mass is 16.6. The van der Waals surface area contributed by atoms with Crippen LogP contribution < -0.4 is 10.8 Å². The molecule has 12 atom stereocenters. The molecule has 6 aliphatic carbocycles. The molecule has 6 fully saturated rings. The molecule has 0 radical (unpaired) electrons. The number of ether oxygens (including phenoxy) is 4. The zero-order valence-corrected chi connectivity index (χ0v) is 39.1. The van der Waals surface area contributed by atoms with E-state index in [0.29, 0.717) is 56.0 Å². The number of rotatable bonds is 16. The maximum absolute atomic E-state index is 13.4. The molecule has 14 nitrogen and oxygen atoms in total. The van der Waals surface area contributed by atoms with Crippen molar-refractivity contribution < 1.29 is 58.0 Å². The topological polar surface area (TPSA) is 196 Å². The van der Waals surface area contributed by atoms with Crippen LogP contribution in [-0.2, 0) is 47.8 Å². The number of esters is 2. The molecule has 63 heavy (non-hydrogen) atoms. The number of carbonyl (C=O) groups is 5. The molecular weight excluding hydrogens is 809 g/mol. The van der Waals surface area contributed by atoms with Gasteiger partial charge in [-0.3, -0.25) is 24.0 Å². The summed E-state index contributed by atoms with van der Waals surface area (Å²) in [5.41, 5.74) is 3.51. The molecule has 0 aliphatic heterocycles. The fourth-order valence-electron chi connectivity index (χ4n) is 12.9. The molecule has 12 unspecified atom stereocenters. The van der Waals surface area contributed by atoms with Gasteiger partial charge in [0.25, 0.3) is 0 Å². The maximum atomic E-state index is 13.4. The first-order valence-corrected chi connectivity index (χ1v) is 24.7. The largest absolute Gasteiger partial charge is 0.481 e. The summed E-state index contributed by atoms with van der Waals surface area (Å²) in [4.78, 5) is 67.7. The lowest BCUT2D eigenvalue weighted by Gasteiger charge is -2.47. The van der Waals surface area contributed by atoms with E-state index in [1.165, 1.54) is 39.9 Å². The van der Waals surface area contributed by atoms with Crippen molar-refractivity contribution in [3.63, 3.8) is 0 Å². The molecule has 1 amide bonds. The standard InChI is InChI=1S/C49H80N2O12/c1-28-23-37(17-21-42(28)50-44(52)41-26-31(48(58)60-6)8-20-40(41)46(55)56)62-35-13-9-33(10-14-35)49(3,4)34-11-15-36(16-12-34)63-38-18-22-43(29(2)24-38)51-61-27-32-25-30(47(57)59-5)7-19-39(32)45(53)54/h28-43,51H,7-27H2,1-6H3,(H,50,52)(H,53,54)(H,55,56). The van der Waals surface area contributed by atoms with E-state index in [-0.39, 0.29) is 84.4 Å². The number of hydrogen-bond acceptors (Lipinski definition) is 11. The Morgan fingerprint density at radius 1 is 0.540 bits per heavy atom. The van der Waals surface area contributed by atoms with Crippen LogP contribution in [0.5, 0.6) is 0 Å². The minimum absolute atomic E-state index is 0.0378. The van der Waals surface area contributed by atoms with E-state index in [1.807, 2.05) is 0 Å². The summed E-state index contributed by atoms with van der Waals surface area (Å²) in [5.74, 6) is -3.77. The molecule has 6 aliphatic rings. The van der Waals surface area contributed by atoms with Crippen LogP contribution >= 0.6 is 0 Å². The molecule has 4 N–H and O–H groups in total. The third-order valence-corrected chi connectivity index (χ3v) is 17.2. The molecular formula is C49H80N2O12. The summed E-state index contributed by atoms with van der Waals surface area (Å²) in [7, 11) is 2.71. The predicted molar refractivity (Wildman–Crippen MR) is 234 cm³/mol. The summed E-state index contributed by atoms with van der Waals surface area (Å²) in [6, 6.07) is 0.140. The summed E-state index contributed by atoms with van der Waals surface area (Å²) < 4.78 is 23.4. The van der Waals surface area contributed by atoms with Crippen LogP contribution in [0.1, 0.15) is 156 Å². The summed E-state index contributed by atoms with van der Waals surface area (Å²) in [6.45, 7) is 9.64. The number of methoxy groups -OCH3 is 2. The first-order chi connectivity index (χ1) is 30.1. The Labute approximate surface area is 375 Å². The van der Waals surface area contributed by atoms with E-state index in [2.05, 4.69) is 38.5 Å². The van der Waals surface area contributed by atoms with Crippen molar-refractivity contribution in [3.05, 3.63) is 0 Å². The lowest BCUT2D eigenvalue weighted by atomic mass is 9.60. The molecule has 0 spiro atoms. The van der Waals surface area contributed by atoms with Crippen molar-refractivity contribution in [3.8, 4) is 0 Å². The van der Waals surface area contributed by atoms with Gasteiger partial charge in [0.15, 0.2) is 0 Å². The zero-order chi connectivity index (χ0) is 45.4. The smallest absolute Gasteiger partial charge is 0.308 e. The highest BCUT2D eigenvalue weighted by Crippen LogP contribution is 2.50. The van der Waals surface area contributed by atoms with E-state index in [4.69, 9.17) is 23.8 Å². The highest BCUT2D eigenvalue weighted by molar-refractivity contribution is 5.86. The van der Waals surface area contributed by atoms with Crippen LogP contribution in [-0.4, -0.2) is 97.3 Å². The maximum Gasteiger partial charge on any atom is 0.308 e. The van der Waals surface area contributed by atoms with E-state index in [9.17, 15) is 34.2 Å². The Hall–Kier alpha value is -2.81. The van der Waals surface area contributed by atoms with Crippen molar-refractivity contribution in [1.82, 2.24) is 10.8 Å². The molecule has 6 saturated carbocycles. The van der Waals surface area contributed by atoms with Gasteiger partial charge in [-0.25, -0.2) is 0 Å². The van der Waals surface area contributed by atoms with Crippen LogP contribution in [0.3, 0.4) is 0 Å². The van der Waals surface area contributed by atoms with E-state index in [0.717, 1.165) is 64.2 Å². The predicted octanol–water partition coefficient (Wildman–Crippen LogP) is 7.50.